The summed E-state index contributed by atoms with van der Waals surface area (Å²) >= 11 is 5.52. The van der Waals surface area contributed by atoms with Gasteiger partial charge in [-0.15, -0.1) is 0 Å². The van der Waals surface area contributed by atoms with Crippen LogP contribution in [0, 0.1) is 5.82 Å². The topological polar surface area (TPSA) is 52.3 Å². The van der Waals surface area contributed by atoms with Gasteiger partial charge in [0, 0.05) is 5.02 Å². The second-order valence-electron chi connectivity index (χ2n) is 2.33. The number of halogens is 2. The van der Waals surface area contributed by atoms with Crippen LogP contribution in [0.2, 0.25) is 5.02 Å². The van der Waals surface area contributed by atoms with E-state index in [1.807, 2.05) is 0 Å². The van der Waals surface area contributed by atoms with Gasteiger partial charge >= 0.3 is 0 Å². The van der Waals surface area contributed by atoms with Crippen molar-refractivity contribution in [2.45, 2.75) is 0 Å². The Morgan fingerprint density at radius 1 is 1.62 bits per heavy atom. The van der Waals surface area contributed by atoms with Crippen molar-refractivity contribution < 1.29 is 13.9 Å². The Kier molecular flexibility index (Phi) is 2.72. The molecule has 0 fully saturated rings. The molecule has 0 aliphatic heterocycles. The number of hydrogen-bond acceptors (Lipinski definition) is 2. The zero-order valence-corrected chi connectivity index (χ0v) is 7.56. The minimum atomic E-state index is -0.779. The van der Waals surface area contributed by atoms with Gasteiger partial charge in [-0.05, 0) is 12.1 Å². The van der Waals surface area contributed by atoms with Gasteiger partial charge in [0.1, 0.15) is 0 Å². The number of amides is 1. The standard InChI is InChI=1S/C8H7ClFNO2/c1-13-7-5(8(11)12)2-4(9)3-6(7)10/h2-3H,1H3,(H2,11,12). The molecule has 3 nitrogen and oxygen atoms in total. The highest BCUT2D eigenvalue weighted by Gasteiger charge is 2.14. The van der Waals surface area contributed by atoms with Gasteiger partial charge in [-0.3, -0.25) is 4.79 Å². The van der Waals surface area contributed by atoms with Gasteiger partial charge in [-0.2, -0.15) is 0 Å². The molecule has 0 bridgehead atoms. The van der Waals surface area contributed by atoms with E-state index in [0.29, 0.717) is 0 Å². The first-order valence-electron chi connectivity index (χ1n) is 3.39. The van der Waals surface area contributed by atoms with Crippen molar-refractivity contribution in [1.29, 1.82) is 0 Å². The third-order valence-corrected chi connectivity index (χ3v) is 1.70. The van der Waals surface area contributed by atoms with Gasteiger partial charge in [-0.25, -0.2) is 4.39 Å². The van der Waals surface area contributed by atoms with Crippen molar-refractivity contribution in [3.8, 4) is 5.75 Å². The summed E-state index contributed by atoms with van der Waals surface area (Å²) in [6.07, 6.45) is 0. The number of rotatable bonds is 2. The van der Waals surface area contributed by atoms with Crippen LogP contribution in [0.4, 0.5) is 4.39 Å². The number of hydrogen-bond donors (Lipinski definition) is 1. The fourth-order valence-electron chi connectivity index (χ4n) is 0.951. The molecule has 70 valence electrons. The molecule has 0 aliphatic rings. The van der Waals surface area contributed by atoms with Gasteiger partial charge in [0.2, 0.25) is 0 Å². The molecule has 0 heterocycles. The van der Waals surface area contributed by atoms with E-state index in [1.54, 1.807) is 0 Å². The molecule has 0 aliphatic carbocycles. The molecule has 2 N–H and O–H groups in total. The lowest BCUT2D eigenvalue weighted by Crippen LogP contribution is -2.13. The maximum atomic E-state index is 13.1. The quantitative estimate of drug-likeness (QED) is 0.794. The Balaban J connectivity index is 3.38. The van der Waals surface area contributed by atoms with Crippen molar-refractivity contribution in [1.82, 2.24) is 0 Å². The van der Waals surface area contributed by atoms with Crippen LogP contribution in [0.3, 0.4) is 0 Å². The molecular weight excluding hydrogens is 197 g/mol. The third kappa shape index (κ3) is 1.89. The first-order valence-corrected chi connectivity index (χ1v) is 3.77. The van der Waals surface area contributed by atoms with E-state index in [2.05, 4.69) is 4.74 Å². The average molecular weight is 204 g/mol. The zero-order chi connectivity index (χ0) is 10.0. The molecule has 5 heteroatoms. The number of nitrogens with two attached hydrogens (primary N) is 1. The molecule has 1 amide bonds. The maximum Gasteiger partial charge on any atom is 0.252 e. The molecule has 0 radical (unpaired) electrons. The van der Waals surface area contributed by atoms with Crippen molar-refractivity contribution in [3.63, 3.8) is 0 Å². The Bertz CT molecular complexity index is 354. The van der Waals surface area contributed by atoms with Crippen LogP contribution in [0.1, 0.15) is 10.4 Å². The summed E-state index contributed by atoms with van der Waals surface area (Å²) in [5.74, 6) is -1.67. The predicted molar refractivity (Wildman–Crippen MR) is 46.5 cm³/mol. The van der Waals surface area contributed by atoms with Gasteiger partial charge < -0.3 is 10.5 Å². The molecule has 0 saturated heterocycles. The minimum Gasteiger partial charge on any atom is -0.493 e. The van der Waals surface area contributed by atoms with Crippen LogP contribution in [0.15, 0.2) is 12.1 Å². The highest BCUT2D eigenvalue weighted by Crippen LogP contribution is 2.26. The first kappa shape index (κ1) is 9.80. The van der Waals surface area contributed by atoms with E-state index in [0.717, 1.165) is 6.07 Å². The third-order valence-electron chi connectivity index (χ3n) is 1.48. The number of benzene rings is 1. The predicted octanol–water partition coefficient (Wildman–Crippen LogP) is 1.59. The van der Waals surface area contributed by atoms with E-state index in [1.165, 1.54) is 13.2 Å². The summed E-state index contributed by atoms with van der Waals surface area (Å²) in [5.41, 5.74) is 4.92. The number of methoxy groups -OCH3 is 1. The molecule has 13 heavy (non-hydrogen) atoms. The van der Waals surface area contributed by atoms with E-state index >= 15 is 0 Å². The Labute approximate surface area is 79.2 Å². The molecule has 0 unspecified atom stereocenters. The lowest BCUT2D eigenvalue weighted by atomic mass is 10.2. The van der Waals surface area contributed by atoms with E-state index < -0.39 is 11.7 Å². The summed E-state index contributed by atoms with van der Waals surface area (Å²) in [7, 11) is 1.25. The summed E-state index contributed by atoms with van der Waals surface area (Å²) < 4.78 is 17.7. The second-order valence-corrected chi connectivity index (χ2v) is 2.77. The van der Waals surface area contributed by atoms with E-state index in [9.17, 15) is 9.18 Å². The molecule has 0 atom stereocenters. The largest absolute Gasteiger partial charge is 0.493 e. The molecule has 1 aromatic carbocycles. The molecule has 0 spiro atoms. The van der Waals surface area contributed by atoms with Crippen LogP contribution in [0.25, 0.3) is 0 Å². The van der Waals surface area contributed by atoms with Crippen LogP contribution in [-0.4, -0.2) is 13.0 Å². The summed E-state index contributed by atoms with van der Waals surface area (Å²) in [4.78, 5) is 10.8. The lowest BCUT2D eigenvalue weighted by molar-refractivity contribution is 0.0996. The summed E-state index contributed by atoms with van der Waals surface area (Å²) in [5, 5.41) is 0.104. The zero-order valence-electron chi connectivity index (χ0n) is 6.80. The van der Waals surface area contributed by atoms with Crippen LogP contribution in [0.5, 0.6) is 5.75 Å². The highest BCUT2D eigenvalue weighted by atomic mass is 35.5. The number of primary amides is 1. The van der Waals surface area contributed by atoms with Gasteiger partial charge in [0.05, 0.1) is 12.7 Å². The highest BCUT2D eigenvalue weighted by molar-refractivity contribution is 6.31. The van der Waals surface area contributed by atoms with Crippen LogP contribution >= 0.6 is 11.6 Å². The van der Waals surface area contributed by atoms with E-state index in [4.69, 9.17) is 17.3 Å². The fraction of sp³-hybridized carbons (Fsp3) is 0.125. The van der Waals surface area contributed by atoms with Crippen molar-refractivity contribution in [2.24, 2.45) is 5.73 Å². The van der Waals surface area contributed by atoms with Gasteiger partial charge in [-0.1, -0.05) is 11.6 Å². The number of carbonyl (C=O) groups is 1. The number of carbonyl (C=O) groups excluding carboxylic acids is 1. The van der Waals surface area contributed by atoms with Crippen molar-refractivity contribution >= 4 is 17.5 Å². The normalized spacial score (nSPS) is 9.77. The van der Waals surface area contributed by atoms with Crippen molar-refractivity contribution in [2.75, 3.05) is 7.11 Å². The molecule has 1 aromatic rings. The van der Waals surface area contributed by atoms with Crippen LogP contribution in [-0.2, 0) is 0 Å². The Morgan fingerprint density at radius 2 is 2.23 bits per heavy atom. The lowest BCUT2D eigenvalue weighted by Gasteiger charge is -2.06. The average Bonchev–Trinajstić information content (AvgIpc) is 2.02. The molecular formula is C8H7ClFNO2. The fourth-order valence-corrected chi connectivity index (χ4v) is 1.16. The molecule has 0 saturated carbocycles. The summed E-state index contributed by atoms with van der Waals surface area (Å²) in [6, 6.07) is 2.30. The van der Waals surface area contributed by atoms with Gasteiger partial charge in [0.15, 0.2) is 11.6 Å². The molecule has 0 aromatic heterocycles. The SMILES string of the molecule is COc1c(F)cc(Cl)cc1C(N)=O. The Hall–Kier alpha value is -1.29. The monoisotopic (exact) mass is 203 g/mol. The molecule has 1 rings (SSSR count). The van der Waals surface area contributed by atoms with Crippen LogP contribution < -0.4 is 10.5 Å². The van der Waals surface area contributed by atoms with E-state index in [-0.39, 0.29) is 16.3 Å². The van der Waals surface area contributed by atoms with Gasteiger partial charge in [0.25, 0.3) is 5.91 Å². The first-order chi connectivity index (χ1) is 6.06. The maximum absolute atomic E-state index is 13.1. The number of ether oxygens (including phenoxy) is 1. The Morgan fingerprint density at radius 3 is 2.69 bits per heavy atom. The van der Waals surface area contributed by atoms with Crippen molar-refractivity contribution in [3.05, 3.63) is 28.5 Å². The second kappa shape index (κ2) is 3.62. The minimum absolute atomic E-state index is 0.0625. The summed E-state index contributed by atoms with van der Waals surface area (Å²) in [6.45, 7) is 0. The smallest absolute Gasteiger partial charge is 0.252 e.